The summed E-state index contributed by atoms with van der Waals surface area (Å²) in [5, 5.41) is 5.66. The first-order valence-electron chi connectivity index (χ1n) is 13.1. The summed E-state index contributed by atoms with van der Waals surface area (Å²) in [6.07, 6.45) is 2.92. The van der Waals surface area contributed by atoms with E-state index in [0.29, 0.717) is 26.6 Å². The Bertz CT molecular complexity index is 1520. The van der Waals surface area contributed by atoms with E-state index in [-0.39, 0.29) is 0 Å². The third kappa shape index (κ3) is 9.38. The molecular weight excluding hydrogens is 636 g/mol. The van der Waals surface area contributed by atoms with Gasteiger partial charge in [-0.3, -0.25) is 28.0 Å². The Labute approximate surface area is 265 Å². The number of benzene rings is 2. The van der Waals surface area contributed by atoms with Crippen LogP contribution in [-0.2, 0) is 37.5 Å². The zero-order valence-corrected chi connectivity index (χ0v) is 27.9. The summed E-state index contributed by atoms with van der Waals surface area (Å²) in [5.41, 5.74) is -2.42. The maximum atomic E-state index is 14.6. The maximum Gasteiger partial charge on any atom is 0.353 e. The zero-order valence-electron chi connectivity index (χ0n) is 24.6. The first-order chi connectivity index (χ1) is 20.0. The van der Waals surface area contributed by atoms with E-state index in [4.69, 9.17) is 41.7 Å². The van der Waals surface area contributed by atoms with Crippen molar-refractivity contribution in [1.82, 2.24) is 5.32 Å². The van der Waals surface area contributed by atoms with Crippen molar-refractivity contribution in [3.8, 4) is 0 Å². The van der Waals surface area contributed by atoms with Gasteiger partial charge >= 0.3 is 19.5 Å². The van der Waals surface area contributed by atoms with Gasteiger partial charge in [-0.15, -0.1) is 11.3 Å². The summed E-state index contributed by atoms with van der Waals surface area (Å²) < 4.78 is 36.9. The Kier molecular flexibility index (Phi) is 11.6. The number of fused-ring (bicyclic) bond motifs is 1. The van der Waals surface area contributed by atoms with Crippen LogP contribution in [0.2, 0.25) is 10.0 Å². The fourth-order valence-corrected chi connectivity index (χ4v) is 6.64. The molecule has 232 valence electrons. The molecule has 1 N–H and O–H groups in total. The predicted octanol–water partition coefficient (Wildman–Crippen LogP) is 8.36. The highest BCUT2D eigenvalue weighted by Gasteiger charge is 2.45. The summed E-state index contributed by atoms with van der Waals surface area (Å²) in [5.74, 6) is -2.03. The second kappa shape index (κ2) is 14.4. The van der Waals surface area contributed by atoms with Crippen LogP contribution in [0, 0.1) is 10.8 Å². The molecule has 2 aromatic carbocycles. The number of carbonyl (C=O) groups excluding carboxylic acids is 3. The van der Waals surface area contributed by atoms with Gasteiger partial charge in [-0.05, 0) is 93.8 Å². The monoisotopic (exact) mass is 669 g/mol. The van der Waals surface area contributed by atoms with Gasteiger partial charge in [0.15, 0.2) is 5.66 Å². The molecule has 9 nitrogen and oxygen atoms in total. The minimum absolute atomic E-state index is 0.291. The van der Waals surface area contributed by atoms with E-state index in [2.05, 4.69) is 5.32 Å². The van der Waals surface area contributed by atoms with Crippen LogP contribution < -0.4 is 5.32 Å². The largest absolute Gasteiger partial charge is 0.438 e. The van der Waals surface area contributed by atoms with E-state index in [1.54, 1.807) is 95.5 Å². The molecule has 1 atom stereocenters. The smallest absolute Gasteiger partial charge is 0.353 e. The van der Waals surface area contributed by atoms with E-state index in [1.165, 1.54) is 17.5 Å². The molecule has 0 saturated heterocycles. The SMILES string of the molecule is CC(C)(C)C(=O)OCOP(=O)(OCOC(=O)C(C)(C)C)C(C(=O)N/C=C/c1ccccc1Cl)c1csc2ccc(Cl)cc12. The third-order valence-electron chi connectivity index (χ3n) is 5.89. The van der Waals surface area contributed by atoms with Crippen molar-refractivity contribution in [2.75, 3.05) is 13.6 Å². The van der Waals surface area contributed by atoms with E-state index in [9.17, 15) is 18.9 Å². The number of halogens is 2. The highest BCUT2D eigenvalue weighted by molar-refractivity contribution is 7.55. The first-order valence-corrected chi connectivity index (χ1v) is 16.4. The van der Waals surface area contributed by atoms with Gasteiger partial charge < -0.3 is 14.8 Å². The molecule has 1 amide bonds. The molecule has 0 bridgehead atoms. The third-order valence-corrected chi connectivity index (χ3v) is 9.53. The molecule has 3 aromatic rings. The minimum atomic E-state index is -4.60. The topological polar surface area (TPSA) is 117 Å². The standard InChI is InChI=1S/C30H34Cl2NO8PS/c1-29(2,3)27(35)38-17-40-42(37,41-18-39-28(36)30(4,5)6)25(22-16-43-24-12-11-20(31)15-21(22)24)26(34)33-14-13-19-9-7-8-10-23(19)32/h7-16,25H,17-18H2,1-6H3,(H,33,34)/b14-13+. The van der Waals surface area contributed by atoms with Crippen LogP contribution in [0.25, 0.3) is 16.2 Å². The number of ether oxygens (including phenoxy) is 2. The first kappa shape index (κ1) is 34.8. The molecule has 0 radical (unpaired) electrons. The molecule has 0 aliphatic carbocycles. The average molecular weight is 671 g/mol. The Balaban J connectivity index is 2.03. The van der Waals surface area contributed by atoms with Crippen LogP contribution in [-0.4, -0.2) is 31.4 Å². The van der Waals surface area contributed by atoms with Crippen molar-refractivity contribution >= 4 is 76.1 Å². The van der Waals surface area contributed by atoms with Crippen LogP contribution >= 0.6 is 42.1 Å². The Morgan fingerprint density at radius 1 is 0.930 bits per heavy atom. The van der Waals surface area contributed by atoms with Crippen LogP contribution in [0.1, 0.15) is 58.3 Å². The summed E-state index contributed by atoms with van der Waals surface area (Å²) in [4.78, 5) is 38.6. The van der Waals surface area contributed by atoms with Crippen molar-refractivity contribution in [3.05, 3.63) is 75.2 Å². The number of rotatable bonds is 11. The number of amides is 1. The molecule has 0 spiro atoms. The van der Waals surface area contributed by atoms with Gasteiger partial charge in [0.1, 0.15) is 0 Å². The van der Waals surface area contributed by atoms with Crippen LogP contribution in [0.15, 0.2) is 54.0 Å². The quantitative estimate of drug-likeness (QED) is 0.123. The van der Waals surface area contributed by atoms with Crippen molar-refractivity contribution in [1.29, 1.82) is 0 Å². The second-order valence-electron chi connectivity index (χ2n) is 11.5. The van der Waals surface area contributed by atoms with Crippen molar-refractivity contribution < 1.29 is 37.5 Å². The van der Waals surface area contributed by atoms with Gasteiger partial charge in [0.2, 0.25) is 19.5 Å². The summed E-state index contributed by atoms with van der Waals surface area (Å²) in [6.45, 7) is 8.26. The fraction of sp³-hybridized carbons (Fsp3) is 0.367. The molecule has 1 aromatic heterocycles. The van der Waals surface area contributed by atoms with Crippen molar-refractivity contribution in [2.45, 2.75) is 47.2 Å². The zero-order chi connectivity index (χ0) is 32.0. The summed E-state index contributed by atoms with van der Waals surface area (Å²) in [6, 6.07) is 12.1. The van der Waals surface area contributed by atoms with Crippen LogP contribution in [0.4, 0.5) is 0 Å². The lowest BCUT2D eigenvalue weighted by atomic mass is 9.98. The fourth-order valence-electron chi connectivity index (χ4n) is 3.52. The molecular formula is C30H34Cl2NO8PS. The van der Waals surface area contributed by atoms with Gasteiger partial charge in [0.25, 0.3) is 0 Å². The number of carbonyl (C=O) groups is 3. The number of hydrogen-bond donors (Lipinski definition) is 1. The normalized spacial score (nSPS) is 13.2. The lowest BCUT2D eigenvalue weighted by Gasteiger charge is -2.27. The van der Waals surface area contributed by atoms with E-state index in [0.717, 1.165) is 4.70 Å². The number of hydrogen-bond acceptors (Lipinski definition) is 9. The molecule has 43 heavy (non-hydrogen) atoms. The molecule has 0 aliphatic heterocycles. The van der Waals surface area contributed by atoms with Gasteiger partial charge in [0, 0.05) is 20.9 Å². The molecule has 1 unspecified atom stereocenters. The molecule has 3 rings (SSSR count). The summed E-state index contributed by atoms with van der Waals surface area (Å²) >= 11 is 13.8. The lowest BCUT2D eigenvalue weighted by molar-refractivity contribution is -0.162. The van der Waals surface area contributed by atoms with Gasteiger partial charge in [-0.25, -0.2) is 0 Å². The van der Waals surface area contributed by atoms with Gasteiger partial charge in [-0.2, -0.15) is 0 Å². The molecule has 0 fully saturated rings. The van der Waals surface area contributed by atoms with Gasteiger partial charge in [-0.1, -0.05) is 41.4 Å². The van der Waals surface area contributed by atoms with E-state index >= 15 is 0 Å². The Hall–Kier alpha value is -2.72. The second-order valence-corrected chi connectivity index (χ2v) is 15.4. The number of esters is 2. The average Bonchev–Trinajstić information content (AvgIpc) is 3.31. The molecule has 0 aliphatic rings. The van der Waals surface area contributed by atoms with Crippen molar-refractivity contribution in [3.63, 3.8) is 0 Å². The van der Waals surface area contributed by atoms with E-state index in [1.807, 2.05) is 0 Å². The van der Waals surface area contributed by atoms with Gasteiger partial charge in [0.05, 0.1) is 10.8 Å². The highest BCUT2D eigenvalue weighted by Crippen LogP contribution is 2.62. The number of thiophene rings is 1. The maximum absolute atomic E-state index is 14.6. The Morgan fingerprint density at radius 2 is 1.51 bits per heavy atom. The minimum Gasteiger partial charge on any atom is -0.438 e. The molecule has 0 saturated carbocycles. The summed E-state index contributed by atoms with van der Waals surface area (Å²) in [7, 11) is -4.60. The molecule has 13 heteroatoms. The van der Waals surface area contributed by atoms with Crippen molar-refractivity contribution in [2.24, 2.45) is 10.8 Å². The van der Waals surface area contributed by atoms with Crippen LogP contribution in [0.5, 0.6) is 0 Å². The van der Waals surface area contributed by atoms with Crippen LogP contribution in [0.3, 0.4) is 0 Å². The highest BCUT2D eigenvalue weighted by atomic mass is 35.5. The predicted molar refractivity (Wildman–Crippen MR) is 169 cm³/mol. The lowest BCUT2D eigenvalue weighted by Crippen LogP contribution is -2.29. The Morgan fingerprint density at radius 3 is 2.07 bits per heavy atom. The van der Waals surface area contributed by atoms with E-state index < -0.39 is 55.5 Å². The number of nitrogens with one attached hydrogen (secondary N) is 1. The molecule has 1 heterocycles.